The van der Waals surface area contributed by atoms with Crippen molar-refractivity contribution in [3.63, 3.8) is 0 Å². The topological polar surface area (TPSA) is 138 Å². The number of carbonyl (C=O) groups excluding carboxylic acids is 3. The van der Waals surface area contributed by atoms with E-state index < -0.39 is 35.1 Å². The molecule has 0 unspecified atom stereocenters. The molecular formula is C21H18N2O8S2. The Morgan fingerprint density at radius 2 is 2.00 bits per heavy atom. The number of ether oxygens (including phenoxy) is 2. The number of nitrogens with zero attached hydrogens (tertiary/aromatic N) is 1. The van der Waals surface area contributed by atoms with Crippen LogP contribution in [0, 0.1) is 10.1 Å². The normalized spacial score (nSPS) is 10.5. The third kappa shape index (κ3) is 5.59. The van der Waals surface area contributed by atoms with Gasteiger partial charge in [-0.15, -0.1) is 23.1 Å². The van der Waals surface area contributed by atoms with Crippen molar-refractivity contribution >= 4 is 51.6 Å². The van der Waals surface area contributed by atoms with Crippen molar-refractivity contribution in [3.8, 4) is 11.3 Å². The Bertz CT molecular complexity index is 1190. The molecule has 2 heterocycles. The van der Waals surface area contributed by atoms with Gasteiger partial charge in [0.05, 0.1) is 17.8 Å². The van der Waals surface area contributed by atoms with Crippen molar-refractivity contribution < 1.29 is 33.2 Å². The first kappa shape index (κ1) is 24.0. The average Bonchev–Trinajstić information content (AvgIpc) is 3.47. The number of carbonyl (C=O) groups is 3. The molecule has 10 nitrogen and oxygen atoms in total. The van der Waals surface area contributed by atoms with Crippen LogP contribution >= 0.6 is 23.1 Å². The third-order valence-electron chi connectivity index (χ3n) is 4.26. The highest BCUT2D eigenvalue weighted by molar-refractivity contribution is 7.98. The first-order valence-electron chi connectivity index (χ1n) is 9.47. The lowest BCUT2D eigenvalue weighted by Gasteiger charge is -2.09. The largest absolute Gasteiger partial charge is 0.464 e. The number of thioether (sulfide) groups is 1. The standard InChI is InChI=1S/C21H18N2O8S2/c1-3-29-21(26)18-14(16-5-4-8-30-16)11-33-19(18)22-17(24)10-31-20(25)13-9-12(32-2)6-7-15(13)23(27)28/h4-9,11H,3,10H2,1-2H3,(H,22,24). The molecule has 12 heteroatoms. The van der Waals surface area contributed by atoms with Crippen LogP contribution in [-0.2, 0) is 14.3 Å². The average molecular weight is 491 g/mol. The van der Waals surface area contributed by atoms with Crippen molar-refractivity contribution in [2.24, 2.45) is 0 Å². The van der Waals surface area contributed by atoms with Gasteiger partial charge in [0.25, 0.3) is 11.6 Å². The summed E-state index contributed by atoms with van der Waals surface area (Å²) in [6, 6.07) is 7.36. The molecule has 0 spiro atoms. The zero-order chi connectivity index (χ0) is 24.0. The van der Waals surface area contributed by atoms with Crippen molar-refractivity contribution in [1.82, 2.24) is 0 Å². The zero-order valence-corrected chi connectivity index (χ0v) is 19.1. The molecule has 0 aliphatic heterocycles. The summed E-state index contributed by atoms with van der Waals surface area (Å²) >= 11 is 2.37. The van der Waals surface area contributed by atoms with Gasteiger partial charge < -0.3 is 19.2 Å². The number of nitro benzene ring substituents is 1. The second-order valence-electron chi connectivity index (χ2n) is 6.32. The predicted molar refractivity (Wildman–Crippen MR) is 122 cm³/mol. The van der Waals surface area contributed by atoms with Gasteiger partial charge in [-0.3, -0.25) is 14.9 Å². The van der Waals surface area contributed by atoms with Crippen LogP contribution in [0.4, 0.5) is 10.7 Å². The van der Waals surface area contributed by atoms with Crippen molar-refractivity contribution in [1.29, 1.82) is 0 Å². The number of nitro groups is 1. The summed E-state index contributed by atoms with van der Waals surface area (Å²) in [4.78, 5) is 48.5. The Balaban J connectivity index is 1.75. The minimum Gasteiger partial charge on any atom is -0.464 e. The molecule has 0 atom stereocenters. The summed E-state index contributed by atoms with van der Waals surface area (Å²) in [6.07, 6.45) is 3.20. The van der Waals surface area contributed by atoms with E-state index in [1.54, 1.807) is 30.7 Å². The van der Waals surface area contributed by atoms with E-state index in [0.29, 0.717) is 16.2 Å². The SMILES string of the molecule is CCOC(=O)c1c(-c2ccco2)csc1NC(=O)COC(=O)c1cc(SC)ccc1[N+](=O)[O-]. The molecular weight excluding hydrogens is 472 g/mol. The quantitative estimate of drug-likeness (QED) is 0.197. The van der Waals surface area contributed by atoms with Crippen LogP contribution in [0.5, 0.6) is 0 Å². The van der Waals surface area contributed by atoms with Gasteiger partial charge in [0, 0.05) is 21.9 Å². The van der Waals surface area contributed by atoms with Gasteiger partial charge in [-0.25, -0.2) is 9.59 Å². The Morgan fingerprint density at radius 3 is 2.64 bits per heavy atom. The van der Waals surface area contributed by atoms with E-state index in [0.717, 1.165) is 11.3 Å². The number of rotatable bonds is 9. The Kier molecular flexibility index (Phi) is 7.85. The van der Waals surface area contributed by atoms with Gasteiger partial charge in [-0.2, -0.15) is 0 Å². The maximum absolute atomic E-state index is 12.5. The Morgan fingerprint density at radius 1 is 1.21 bits per heavy atom. The summed E-state index contributed by atoms with van der Waals surface area (Å²) in [5.74, 6) is -1.98. The van der Waals surface area contributed by atoms with Crippen molar-refractivity contribution in [3.05, 3.63) is 63.2 Å². The highest BCUT2D eigenvalue weighted by Crippen LogP contribution is 2.36. The molecule has 3 aromatic rings. The fourth-order valence-corrected chi connectivity index (χ4v) is 4.20. The second kappa shape index (κ2) is 10.8. The van der Waals surface area contributed by atoms with Crippen molar-refractivity contribution in [2.75, 3.05) is 24.8 Å². The molecule has 1 N–H and O–H groups in total. The van der Waals surface area contributed by atoms with Gasteiger partial charge >= 0.3 is 11.9 Å². The Hall–Kier alpha value is -3.64. The second-order valence-corrected chi connectivity index (χ2v) is 8.08. The summed E-state index contributed by atoms with van der Waals surface area (Å²) in [7, 11) is 0. The molecule has 1 amide bonds. The third-order valence-corrected chi connectivity index (χ3v) is 5.89. The highest BCUT2D eigenvalue weighted by Gasteiger charge is 2.26. The van der Waals surface area contributed by atoms with Crippen LogP contribution in [-0.4, -0.2) is 42.2 Å². The summed E-state index contributed by atoms with van der Waals surface area (Å²) < 4.78 is 15.4. The van der Waals surface area contributed by atoms with E-state index in [-0.39, 0.29) is 22.7 Å². The summed E-state index contributed by atoms with van der Waals surface area (Å²) in [5.41, 5.74) is -0.132. The predicted octanol–water partition coefficient (Wildman–Crippen LogP) is 4.61. The van der Waals surface area contributed by atoms with Gasteiger partial charge in [0.1, 0.15) is 21.9 Å². The van der Waals surface area contributed by atoms with E-state index in [1.807, 2.05) is 0 Å². The molecule has 2 aromatic heterocycles. The van der Waals surface area contributed by atoms with Crippen LogP contribution in [0.1, 0.15) is 27.6 Å². The van der Waals surface area contributed by atoms with Gasteiger partial charge in [0.2, 0.25) is 0 Å². The molecule has 0 bridgehead atoms. The van der Waals surface area contributed by atoms with E-state index in [2.05, 4.69) is 5.32 Å². The molecule has 172 valence electrons. The molecule has 0 fully saturated rings. The zero-order valence-electron chi connectivity index (χ0n) is 17.5. The first-order chi connectivity index (χ1) is 15.8. The van der Waals surface area contributed by atoms with Crippen LogP contribution in [0.2, 0.25) is 0 Å². The van der Waals surface area contributed by atoms with Crippen LogP contribution < -0.4 is 5.32 Å². The number of hydrogen-bond donors (Lipinski definition) is 1. The number of esters is 2. The molecule has 0 saturated carbocycles. The minimum atomic E-state index is -1.01. The van der Waals surface area contributed by atoms with Gasteiger partial charge in [0.15, 0.2) is 6.61 Å². The number of nitrogens with one attached hydrogen (secondary N) is 1. The van der Waals surface area contributed by atoms with Crippen LogP contribution in [0.25, 0.3) is 11.3 Å². The lowest BCUT2D eigenvalue weighted by molar-refractivity contribution is -0.385. The smallest absolute Gasteiger partial charge is 0.345 e. The number of amides is 1. The lowest BCUT2D eigenvalue weighted by Crippen LogP contribution is -2.22. The van der Waals surface area contributed by atoms with Crippen LogP contribution in [0.3, 0.4) is 0 Å². The monoisotopic (exact) mass is 490 g/mol. The van der Waals surface area contributed by atoms with E-state index in [1.165, 1.54) is 36.2 Å². The van der Waals surface area contributed by atoms with Gasteiger partial charge in [-0.05, 0) is 37.4 Å². The summed E-state index contributed by atoms with van der Waals surface area (Å²) in [6.45, 7) is 1.07. The Labute approximate surface area is 196 Å². The number of thiophene rings is 1. The van der Waals surface area contributed by atoms with E-state index in [4.69, 9.17) is 13.9 Å². The number of furan rings is 1. The molecule has 0 aliphatic carbocycles. The van der Waals surface area contributed by atoms with Crippen molar-refractivity contribution in [2.45, 2.75) is 11.8 Å². The van der Waals surface area contributed by atoms with E-state index in [9.17, 15) is 24.5 Å². The molecule has 1 aromatic carbocycles. The number of hydrogen-bond acceptors (Lipinski definition) is 10. The lowest BCUT2D eigenvalue weighted by atomic mass is 10.1. The molecule has 0 saturated heterocycles. The first-order valence-corrected chi connectivity index (χ1v) is 11.6. The maximum Gasteiger partial charge on any atom is 0.345 e. The summed E-state index contributed by atoms with van der Waals surface area (Å²) in [5, 5.41) is 15.6. The van der Waals surface area contributed by atoms with Crippen LogP contribution in [0.15, 0.2) is 51.3 Å². The maximum atomic E-state index is 12.5. The molecule has 3 rings (SSSR count). The minimum absolute atomic E-state index is 0.111. The van der Waals surface area contributed by atoms with Gasteiger partial charge in [-0.1, -0.05) is 0 Å². The number of anilines is 1. The molecule has 0 radical (unpaired) electrons. The fraction of sp³-hybridized carbons (Fsp3) is 0.190. The van der Waals surface area contributed by atoms with E-state index >= 15 is 0 Å². The highest BCUT2D eigenvalue weighted by atomic mass is 32.2. The molecule has 33 heavy (non-hydrogen) atoms. The molecule has 0 aliphatic rings. The number of benzene rings is 1. The fourth-order valence-electron chi connectivity index (χ4n) is 2.81.